The van der Waals surface area contributed by atoms with Crippen molar-refractivity contribution in [1.29, 1.82) is 0 Å². The standard InChI is InChI=1S/C30H50O6.C23H30N2O4.C17H31NO2.C15H31NO.C10H19NO3.C6H15NO3/c1-18(7-12-26(33)35-17-27(34)36-28(2,3)4)22-10-11-23-21-9-8-19-15-20(31)13-14-29(19,5)24(21)16-25(32)30(22,23)6;1-22(2,3)28-20(26)24-18-11-7-16(8-12-18)15-17-9-13-19(14-10-17)25-21(27)29-23(4,5)6;1-17(2,3)20-16(19)18(14-10-6-4-7-11-14)15-12-8-5-9-13-15;1-2-3-4-5-6-10-13-16-14-17-15-11-8-7-9-12-15;1-10(2,3)14-9(13)11-6-4-5-8(11)7-12;8-4-1-7(2-5-9)3-6-10/h18-25,31-32H,7-17H2,1-6H3;7-14H,15H2,1-6H3,(H,24,26)(H,25,27);14-15H,4-13H2,1-3H3;15-16H,2-14H2,1H3;8,12H,4-7H2,1-3H3;8-10H,1-6H2. The van der Waals surface area contributed by atoms with E-state index in [4.69, 9.17) is 53.6 Å². The summed E-state index contributed by atoms with van der Waals surface area (Å²) in [7, 11) is 0. The Morgan fingerprint density at radius 3 is 1.51 bits per heavy atom. The first-order chi connectivity index (χ1) is 59.3. The first-order valence-electron chi connectivity index (χ1n) is 48.7. The summed E-state index contributed by atoms with van der Waals surface area (Å²) in [4.78, 5) is 77.6. The highest BCUT2D eigenvalue weighted by molar-refractivity contribution is 5.85. The number of amides is 4. The molecule has 11 atom stereocenters. The Morgan fingerprint density at radius 1 is 0.532 bits per heavy atom. The van der Waals surface area contributed by atoms with Crippen LogP contribution in [-0.4, -0.2) is 219 Å². The van der Waals surface area contributed by atoms with Crippen molar-refractivity contribution in [3.05, 3.63) is 59.7 Å². The lowest BCUT2D eigenvalue weighted by Crippen LogP contribution is -2.58. The predicted molar refractivity (Wildman–Crippen MR) is 500 cm³/mol. The van der Waals surface area contributed by atoms with Crippen molar-refractivity contribution >= 4 is 47.7 Å². The summed E-state index contributed by atoms with van der Waals surface area (Å²) in [5.74, 6) is 2.13. The number of benzene rings is 2. The second-order valence-corrected chi connectivity index (χ2v) is 42.4. The van der Waals surface area contributed by atoms with E-state index in [2.05, 4.69) is 48.5 Å². The second kappa shape index (κ2) is 54.8. The average molecular weight is 1780 g/mol. The van der Waals surface area contributed by atoms with Crippen LogP contribution in [0.1, 0.15) is 355 Å². The van der Waals surface area contributed by atoms with Crippen LogP contribution in [0.2, 0.25) is 0 Å². The molecular weight excluding hydrogens is 1600 g/mol. The van der Waals surface area contributed by atoms with E-state index in [-0.39, 0.29) is 86.7 Å². The predicted octanol–water partition coefficient (Wildman–Crippen LogP) is 20.0. The molecule has 7 saturated carbocycles. The zero-order valence-corrected chi connectivity index (χ0v) is 81.7. The Hall–Kier alpha value is -5.90. The summed E-state index contributed by atoms with van der Waals surface area (Å²) in [6, 6.07) is 16.0. The van der Waals surface area contributed by atoms with Crippen molar-refractivity contribution in [3.8, 4) is 0 Å². The smallest absolute Gasteiger partial charge is 0.412 e. The fraction of sp³-hybridized carbons (Fsp3) is 0.822. The molecule has 11 unspecified atom stereocenters. The Labute approximate surface area is 759 Å². The highest BCUT2D eigenvalue weighted by atomic mass is 16.6. The zero-order valence-electron chi connectivity index (χ0n) is 81.7. The number of likely N-dealkylation sites (tertiary alicyclic amines) is 1. The van der Waals surface area contributed by atoms with E-state index in [1.807, 2.05) is 132 Å². The number of carbonyl (C=O) groups is 6. The van der Waals surface area contributed by atoms with Crippen molar-refractivity contribution in [2.45, 2.75) is 414 Å². The van der Waals surface area contributed by atoms with Crippen LogP contribution in [0.25, 0.3) is 0 Å². The van der Waals surface area contributed by atoms with Gasteiger partial charge in [-0.2, -0.15) is 0 Å². The van der Waals surface area contributed by atoms with Crippen LogP contribution in [-0.2, 0) is 49.2 Å². The third-order valence-corrected chi connectivity index (χ3v) is 26.4. The number of aliphatic hydroxyl groups is 6. The minimum atomic E-state index is -0.596. The van der Waals surface area contributed by atoms with Crippen LogP contribution < -0.4 is 16.0 Å². The molecule has 4 amide bonds. The fourth-order valence-corrected chi connectivity index (χ4v) is 20.3. The Balaban J connectivity index is 0.000000282. The monoisotopic (exact) mass is 1780 g/mol. The van der Waals surface area contributed by atoms with Gasteiger partial charge in [-0.15, -0.1) is 0 Å². The van der Waals surface area contributed by atoms with Crippen LogP contribution in [0.5, 0.6) is 0 Å². The van der Waals surface area contributed by atoms with Gasteiger partial charge in [-0.05, 0) is 314 Å². The normalized spacial score (nSPS) is 24.3. The number of unbranched alkanes of at least 4 members (excludes halogenated alkanes) is 5. The molecule has 126 heavy (non-hydrogen) atoms. The number of anilines is 2. The maximum absolute atomic E-state index is 12.7. The summed E-state index contributed by atoms with van der Waals surface area (Å²) in [5, 5.41) is 65.3. The van der Waals surface area contributed by atoms with Gasteiger partial charge < -0.3 is 73.6 Å². The third-order valence-electron chi connectivity index (χ3n) is 26.4. The second-order valence-electron chi connectivity index (χ2n) is 42.4. The van der Waals surface area contributed by atoms with Gasteiger partial charge in [0.1, 0.15) is 28.0 Å². The molecule has 8 aliphatic rings. The van der Waals surface area contributed by atoms with Crippen molar-refractivity contribution in [1.82, 2.24) is 20.0 Å². The molecule has 25 nitrogen and oxygen atoms in total. The van der Waals surface area contributed by atoms with E-state index in [1.165, 1.54) is 122 Å². The number of carbonyl (C=O) groups excluding carboxylic acids is 6. The van der Waals surface area contributed by atoms with Crippen molar-refractivity contribution < 1.29 is 92.6 Å². The number of nitrogens with zero attached hydrogens (tertiary/aromatic N) is 3. The lowest BCUT2D eigenvalue weighted by atomic mass is 9.43. The van der Waals surface area contributed by atoms with E-state index in [0.717, 1.165) is 108 Å². The largest absolute Gasteiger partial charge is 0.457 e. The number of esters is 2. The molecule has 25 heteroatoms. The molecule has 2 aromatic rings. The summed E-state index contributed by atoms with van der Waals surface area (Å²) < 4.78 is 37.6. The van der Waals surface area contributed by atoms with Gasteiger partial charge >= 0.3 is 36.3 Å². The Morgan fingerprint density at radius 2 is 1.02 bits per heavy atom. The number of rotatable bonds is 29. The van der Waals surface area contributed by atoms with E-state index in [9.17, 15) is 39.0 Å². The Kier molecular flexibility index (Phi) is 48.1. The number of fused-ring (bicyclic) bond motifs is 5. The van der Waals surface area contributed by atoms with Crippen molar-refractivity contribution in [3.63, 3.8) is 0 Å². The van der Waals surface area contributed by atoms with Crippen LogP contribution in [0.4, 0.5) is 30.6 Å². The lowest BCUT2D eigenvalue weighted by Gasteiger charge is -2.62. The minimum absolute atomic E-state index is 0.0270. The van der Waals surface area contributed by atoms with Crippen LogP contribution in [0, 0.1) is 46.3 Å². The average Bonchev–Trinajstić information content (AvgIpc) is 1.49. The molecule has 8 fully saturated rings. The quantitative estimate of drug-likeness (QED) is 0.0158. The summed E-state index contributed by atoms with van der Waals surface area (Å²) in [6.07, 6.45) is 38.0. The van der Waals surface area contributed by atoms with Gasteiger partial charge in [0.25, 0.3) is 0 Å². The topological polar surface area (TPSA) is 334 Å². The molecule has 1 heterocycles. The molecule has 0 spiro atoms. The van der Waals surface area contributed by atoms with Gasteiger partial charge in [0.2, 0.25) is 0 Å². The van der Waals surface area contributed by atoms with Gasteiger partial charge in [0.05, 0.1) is 57.5 Å². The van der Waals surface area contributed by atoms with Gasteiger partial charge in [-0.3, -0.25) is 25.6 Å². The minimum Gasteiger partial charge on any atom is -0.457 e. The maximum atomic E-state index is 12.7. The van der Waals surface area contributed by atoms with Gasteiger partial charge in [0.15, 0.2) is 6.61 Å². The van der Waals surface area contributed by atoms with Gasteiger partial charge in [-0.1, -0.05) is 142 Å². The molecule has 1 saturated heterocycles. The van der Waals surface area contributed by atoms with Crippen molar-refractivity contribution in [2.24, 2.45) is 46.3 Å². The molecular formula is C101H176N6O19. The first kappa shape index (κ1) is 111. The van der Waals surface area contributed by atoms with Gasteiger partial charge in [0, 0.05) is 56.1 Å². The molecule has 2 aromatic carbocycles. The number of aliphatic hydroxyl groups excluding tert-OH is 6. The molecule has 0 radical (unpaired) electrons. The summed E-state index contributed by atoms with van der Waals surface area (Å²) in [5.41, 5.74) is 1.19. The highest BCUT2D eigenvalue weighted by Gasteiger charge is 2.64. The summed E-state index contributed by atoms with van der Waals surface area (Å²) in [6.45, 7) is 41.0. The number of ether oxygens (including phenoxy) is 7. The molecule has 0 bridgehead atoms. The van der Waals surface area contributed by atoms with Crippen molar-refractivity contribution in [2.75, 3.05) is 83.1 Å². The molecule has 10 rings (SSSR count). The fourth-order valence-electron chi connectivity index (χ4n) is 20.3. The SMILES string of the molecule is CC(C)(C)OC(=O)N(C1CCCCC1)C1CCCCC1.CC(C)(C)OC(=O)N1CCCC1CO.CC(C)(C)OC(=O)Nc1ccc(Cc2ccc(NC(=O)OC(C)(C)C)cc2)cc1.CC(CCC(=O)OCC(=O)OC(C)(C)C)C1CCC2C3CCC4CC(O)CCC4(C)C3CC(O)C12C.CCCCCCCCNCOC1CCCCC1.OCCN(CCO)CCO. The molecule has 7 aliphatic carbocycles. The first-order valence-corrected chi connectivity index (χ1v) is 48.7. The van der Waals surface area contributed by atoms with E-state index >= 15 is 0 Å². The Bertz CT molecular complexity index is 3300. The maximum Gasteiger partial charge on any atom is 0.412 e. The molecule has 9 N–H and O–H groups in total. The third kappa shape index (κ3) is 40.9. The van der Waals surface area contributed by atoms with E-state index in [1.54, 1.807) is 30.6 Å². The molecule has 1 aliphatic heterocycles. The summed E-state index contributed by atoms with van der Waals surface area (Å²) >= 11 is 0. The zero-order chi connectivity index (χ0) is 93.5. The highest BCUT2D eigenvalue weighted by Crippen LogP contribution is 2.68. The van der Waals surface area contributed by atoms with Crippen LogP contribution in [0.3, 0.4) is 0 Å². The van der Waals surface area contributed by atoms with Crippen LogP contribution in [0.15, 0.2) is 48.5 Å². The number of hydrogen-bond acceptors (Lipinski definition) is 21. The molecule has 0 aromatic heterocycles. The van der Waals surface area contributed by atoms with E-state index in [0.29, 0.717) is 97.7 Å². The van der Waals surface area contributed by atoms with Crippen LogP contribution >= 0.6 is 0 Å². The lowest BCUT2D eigenvalue weighted by molar-refractivity contribution is -0.175. The number of nitrogens with one attached hydrogen (secondary N) is 3. The number of hydrogen-bond donors (Lipinski definition) is 9. The molecule has 724 valence electrons. The van der Waals surface area contributed by atoms with E-state index < -0.39 is 46.2 Å². The van der Waals surface area contributed by atoms with Gasteiger partial charge in [-0.25, -0.2) is 24.0 Å².